The summed E-state index contributed by atoms with van der Waals surface area (Å²) in [7, 11) is 4.23. The molecule has 0 aromatic rings. The van der Waals surface area contributed by atoms with E-state index in [2.05, 4.69) is 63.5 Å². The third-order valence-corrected chi connectivity index (χ3v) is 2.90. The van der Waals surface area contributed by atoms with Crippen LogP contribution in [-0.2, 0) is 0 Å². The average molecular weight is 220 g/mol. The van der Waals surface area contributed by atoms with Crippen LogP contribution in [0.15, 0.2) is 35.7 Å². The summed E-state index contributed by atoms with van der Waals surface area (Å²) in [5.41, 5.74) is 3.87. The Morgan fingerprint density at radius 3 is 2.50 bits per heavy atom. The van der Waals surface area contributed by atoms with E-state index in [0.29, 0.717) is 6.04 Å². The quantitative estimate of drug-likeness (QED) is 0.718. The van der Waals surface area contributed by atoms with Crippen molar-refractivity contribution in [2.75, 3.05) is 20.6 Å². The van der Waals surface area contributed by atoms with Gasteiger partial charge in [-0.1, -0.05) is 6.58 Å². The lowest BCUT2D eigenvalue weighted by Gasteiger charge is -2.31. The lowest BCUT2D eigenvalue weighted by molar-refractivity contribution is 0.381. The Hall–Kier alpha value is -1.02. The average Bonchev–Trinajstić information content (AvgIpc) is 2.15. The number of hydrogen-bond acceptors (Lipinski definition) is 2. The normalized spacial score (nSPS) is 16.9. The Labute approximate surface area is 99.9 Å². The van der Waals surface area contributed by atoms with Gasteiger partial charge in [0.1, 0.15) is 0 Å². The molecule has 0 amide bonds. The van der Waals surface area contributed by atoms with Crippen molar-refractivity contribution in [3.63, 3.8) is 0 Å². The summed E-state index contributed by atoms with van der Waals surface area (Å²) in [6.45, 7) is 11.7. The van der Waals surface area contributed by atoms with E-state index in [-0.39, 0.29) is 0 Å². The van der Waals surface area contributed by atoms with Crippen LogP contribution in [0.1, 0.15) is 27.2 Å². The van der Waals surface area contributed by atoms with Crippen LogP contribution < -0.4 is 0 Å². The molecular formula is C14H24N2. The maximum absolute atomic E-state index is 4.09. The number of hydrogen-bond donors (Lipinski definition) is 0. The van der Waals surface area contributed by atoms with Crippen molar-refractivity contribution < 1.29 is 0 Å². The van der Waals surface area contributed by atoms with E-state index in [9.17, 15) is 0 Å². The first-order valence-corrected chi connectivity index (χ1v) is 5.93. The Bertz CT molecular complexity index is 322. The predicted octanol–water partition coefficient (Wildman–Crippen LogP) is 3.01. The van der Waals surface area contributed by atoms with Crippen LogP contribution in [-0.4, -0.2) is 36.5 Å². The molecule has 0 spiro atoms. The highest BCUT2D eigenvalue weighted by atomic mass is 15.1. The maximum Gasteiger partial charge on any atom is 0.0338 e. The maximum atomic E-state index is 4.09. The smallest absolute Gasteiger partial charge is 0.0338 e. The van der Waals surface area contributed by atoms with Gasteiger partial charge in [-0.2, -0.15) is 0 Å². The molecule has 0 saturated carbocycles. The molecule has 0 fully saturated rings. The van der Waals surface area contributed by atoms with Crippen LogP contribution >= 0.6 is 0 Å². The van der Waals surface area contributed by atoms with Crippen LogP contribution in [0.3, 0.4) is 0 Å². The van der Waals surface area contributed by atoms with Gasteiger partial charge in [-0.15, -0.1) is 0 Å². The van der Waals surface area contributed by atoms with Crippen molar-refractivity contribution in [1.82, 2.24) is 9.80 Å². The molecule has 2 nitrogen and oxygen atoms in total. The molecule has 1 heterocycles. The zero-order valence-corrected chi connectivity index (χ0v) is 11.2. The summed E-state index contributed by atoms with van der Waals surface area (Å²) in [6, 6.07) is 0.478. The van der Waals surface area contributed by atoms with Gasteiger partial charge >= 0.3 is 0 Å². The second-order valence-electron chi connectivity index (χ2n) is 5.03. The van der Waals surface area contributed by atoms with Crippen molar-refractivity contribution in [1.29, 1.82) is 0 Å². The van der Waals surface area contributed by atoms with Gasteiger partial charge in [0.05, 0.1) is 0 Å². The first-order valence-electron chi connectivity index (χ1n) is 5.93. The Kier molecular flexibility index (Phi) is 4.36. The van der Waals surface area contributed by atoms with Gasteiger partial charge in [0.2, 0.25) is 0 Å². The number of rotatable bonds is 4. The molecule has 16 heavy (non-hydrogen) atoms. The molecule has 1 rings (SSSR count). The van der Waals surface area contributed by atoms with Gasteiger partial charge in [-0.25, -0.2) is 0 Å². The molecule has 0 saturated heterocycles. The molecular weight excluding hydrogens is 196 g/mol. The minimum absolute atomic E-state index is 0.478. The molecule has 1 aliphatic heterocycles. The minimum Gasteiger partial charge on any atom is -0.346 e. The molecule has 0 unspecified atom stereocenters. The van der Waals surface area contributed by atoms with Crippen molar-refractivity contribution in [3.8, 4) is 0 Å². The second-order valence-corrected chi connectivity index (χ2v) is 5.03. The molecule has 90 valence electrons. The molecule has 1 aliphatic rings. The van der Waals surface area contributed by atoms with Crippen LogP contribution in [0.2, 0.25) is 0 Å². The van der Waals surface area contributed by atoms with Crippen LogP contribution in [0, 0.1) is 0 Å². The highest BCUT2D eigenvalue weighted by molar-refractivity contribution is 5.40. The largest absolute Gasteiger partial charge is 0.346 e. The van der Waals surface area contributed by atoms with E-state index in [1.807, 2.05) is 0 Å². The lowest BCUT2D eigenvalue weighted by atomic mass is 10.00. The van der Waals surface area contributed by atoms with Crippen molar-refractivity contribution in [2.45, 2.75) is 33.2 Å². The lowest BCUT2D eigenvalue weighted by Crippen LogP contribution is -2.27. The van der Waals surface area contributed by atoms with Gasteiger partial charge in [0.15, 0.2) is 0 Å². The van der Waals surface area contributed by atoms with Crippen molar-refractivity contribution in [2.24, 2.45) is 0 Å². The third-order valence-electron chi connectivity index (χ3n) is 2.90. The molecule has 0 aliphatic carbocycles. The monoisotopic (exact) mass is 220 g/mol. The predicted molar refractivity (Wildman–Crippen MR) is 71.1 cm³/mol. The van der Waals surface area contributed by atoms with E-state index in [0.717, 1.165) is 18.7 Å². The van der Waals surface area contributed by atoms with Gasteiger partial charge < -0.3 is 9.80 Å². The number of nitrogens with zero attached hydrogens (tertiary/aromatic N) is 2. The summed E-state index contributed by atoms with van der Waals surface area (Å²) < 4.78 is 0. The topological polar surface area (TPSA) is 6.48 Å². The van der Waals surface area contributed by atoms with E-state index < -0.39 is 0 Å². The van der Waals surface area contributed by atoms with E-state index in [1.165, 1.54) is 11.1 Å². The highest BCUT2D eigenvalue weighted by Crippen LogP contribution is 2.25. The van der Waals surface area contributed by atoms with Crippen molar-refractivity contribution in [3.05, 3.63) is 35.7 Å². The first-order chi connectivity index (χ1) is 7.41. The first kappa shape index (κ1) is 13.0. The molecule has 0 atom stereocenters. The summed E-state index contributed by atoms with van der Waals surface area (Å²) in [5.74, 6) is 0. The van der Waals surface area contributed by atoms with E-state index >= 15 is 0 Å². The fraction of sp³-hybridized carbons (Fsp3) is 0.571. The van der Waals surface area contributed by atoms with Gasteiger partial charge in [-0.05, 0) is 58.5 Å². The molecule has 0 N–H and O–H groups in total. The Morgan fingerprint density at radius 1 is 1.38 bits per heavy atom. The van der Waals surface area contributed by atoms with Crippen LogP contribution in [0.25, 0.3) is 0 Å². The van der Waals surface area contributed by atoms with Crippen molar-refractivity contribution >= 4 is 0 Å². The van der Waals surface area contributed by atoms with E-state index in [4.69, 9.17) is 0 Å². The molecule has 2 heteroatoms. The SMILES string of the molecule is C=C1C=C(C)C(CCN(C)C)=CN1C(C)C. The standard InChI is InChI=1S/C14H24N2/c1-11(2)16-10-14(7-8-15(5)6)12(3)9-13(16)4/h9-11H,4,7-8H2,1-3,5-6H3. The summed E-state index contributed by atoms with van der Waals surface area (Å²) in [5, 5.41) is 0. The van der Waals surface area contributed by atoms with Crippen LogP contribution in [0.4, 0.5) is 0 Å². The zero-order valence-electron chi connectivity index (χ0n) is 11.2. The third kappa shape index (κ3) is 3.24. The molecule has 0 radical (unpaired) electrons. The zero-order chi connectivity index (χ0) is 12.3. The van der Waals surface area contributed by atoms with E-state index in [1.54, 1.807) is 0 Å². The Balaban J connectivity index is 2.77. The second kappa shape index (κ2) is 5.35. The summed E-state index contributed by atoms with van der Waals surface area (Å²) in [4.78, 5) is 4.47. The summed E-state index contributed by atoms with van der Waals surface area (Å²) in [6.07, 6.45) is 5.54. The molecule has 0 bridgehead atoms. The fourth-order valence-electron chi connectivity index (χ4n) is 1.86. The van der Waals surface area contributed by atoms with Gasteiger partial charge in [-0.3, -0.25) is 0 Å². The summed E-state index contributed by atoms with van der Waals surface area (Å²) >= 11 is 0. The fourth-order valence-corrected chi connectivity index (χ4v) is 1.86. The van der Waals surface area contributed by atoms with Gasteiger partial charge in [0.25, 0.3) is 0 Å². The molecule has 0 aromatic carbocycles. The molecule has 0 aromatic heterocycles. The Morgan fingerprint density at radius 2 is 2.00 bits per heavy atom. The number of allylic oxidation sites excluding steroid dienone is 2. The van der Waals surface area contributed by atoms with Crippen LogP contribution in [0.5, 0.6) is 0 Å². The van der Waals surface area contributed by atoms with Gasteiger partial charge in [0, 0.05) is 24.5 Å². The highest BCUT2D eigenvalue weighted by Gasteiger charge is 2.15. The minimum atomic E-state index is 0.478.